The molecule has 0 radical (unpaired) electrons. The molecular formula is C15H24N2O4S. The second-order valence-corrected chi connectivity index (χ2v) is 6.87. The van der Waals surface area contributed by atoms with Crippen LogP contribution < -0.4 is 10.0 Å². The summed E-state index contributed by atoms with van der Waals surface area (Å²) >= 11 is 0. The minimum absolute atomic E-state index is 0.0929. The molecule has 0 spiro atoms. The van der Waals surface area contributed by atoms with Gasteiger partial charge in [0.05, 0.1) is 11.5 Å². The fourth-order valence-electron chi connectivity index (χ4n) is 1.79. The van der Waals surface area contributed by atoms with Crippen molar-refractivity contribution in [3.63, 3.8) is 0 Å². The molecule has 0 saturated carbocycles. The highest BCUT2D eigenvalue weighted by Crippen LogP contribution is 2.16. The molecule has 0 aliphatic carbocycles. The second kappa shape index (κ2) is 8.26. The first kappa shape index (κ1) is 18.6. The minimum atomic E-state index is -3.62. The highest BCUT2D eigenvalue weighted by Gasteiger charge is 2.19. The van der Waals surface area contributed by atoms with Crippen molar-refractivity contribution in [3.05, 3.63) is 29.3 Å². The van der Waals surface area contributed by atoms with E-state index in [-0.39, 0.29) is 16.8 Å². The van der Waals surface area contributed by atoms with Gasteiger partial charge in [-0.3, -0.25) is 4.79 Å². The Kier molecular flexibility index (Phi) is 6.99. The molecule has 7 heteroatoms. The Morgan fingerprint density at radius 1 is 1.36 bits per heavy atom. The quantitative estimate of drug-likeness (QED) is 0.707. The summed E-state index contributed by atoms with van der Waals surface area (Å²) in [5.74, 6) is -0.310. The lowest BCUT2D eigenvalue weighted by Gasteiger charge is -2.14. The summed E-state index contributed by atoms with van der Waals surface area (Å²) < 4.78 is 32.0. The summed E-state index contributed by atoms with van der Waals surface area (Å²) in [6.45, 7) is 6.24. The van der Waals surface area contributed by atoms with Crippen molar-refractivity contribution < 1.29 is 17.9 Å². The molecule has 0 fully saturated rings. The molecule has 0 aliphatic rings. The number of ether oxygens (including phenoxy) is 1. The van der Waals surface area contributed by atoms with Gasteiger partial charge in [-0.2, -0.15) is 0 Å². The molecule has 0 aliphatic heterocycles. The lowest BCUT2D eigenvalue weighted by Crippen LogP contribution is -2.32. The number of hydrogen-bond acceptors (Lipinski definition) is 4. The zero-order valence-corrected chi connectivity index (χ0v) is 14.3. The summed E-state index contributed by atoms with van der Waals surface area (Å²) in [4.78, 5) is 12.2. The molecule has 1 atom stereocenters. The third kappa shape index (κ3) is 5.08. The van der Waals surface area contributed by atoms with Crippen molar-refractivity contribution in [2.75, 3.05) is 20.3 Å². The van der Waals surface area contributed by atoms with Gasteiger partial charge in [-0.05, 0) is 38.0 Å². The largest absolute Gasteiger partial charge is 0.383 e. The first-order valence-electron chi connectivity index (χ1n) is 7.22. The number of carbonyl (C=O) groups excluding carboxylic acids is 1. The first-order valence-corrected chi connectivity index (χ1v) is 8.70. The van der Waals surface area contributed by atoms with Crippen molar-refractivity contribution >= 4 is 15.9 Å². The molecule has 6 nitrogen and oxygen atoms in total. The van der Waals surface area contributed by atoms with Crippen molar-refractivity contribution in [3.8, 4) is 0 Å². The van der Waals surface area contributed by atoms with Crippen LogP contribution in [0.15, 0.2) is 23.1 Å². The third-order valence-corrected chi connectivity index (χ3v) is 4.91. The fraction of sp³-hybridized carbons (Fsp3) is 0.533. The average molecular weight is 328 g/mol. The molecule has 0 heterocycles. The molecule has 1 aromatic rings. The van der Waals surface area contributed by atoms with Crippen LogP contribution in [0.3, 0.4) is 0 Å². The molecule has 1 amide bonds. The van der Waals surface area contributed by atoms with Crippen LogP contribution >= 0.6 is 0 Å². The van der Waals surface area contributed by atoms with Gasteiger partial charge in [0.1, 0.15) is 0 Å². The number of aryl methyl sites for hydroxylation is 1. The first-order chi connectivity index (χ1) is 10.3. The monoisotopic (exact) mass is 328 g/mol. The van der Waals surface area contributed by atoms with E-state index in [0.717, 1.165) is 5.56 Å². The molecule has 0 saturated heterocycles. The zero-order valence-electron chi connectivity index (χ0n) is 13.5. The molecule has 0 bridgehead atoms. The Hall–Kier alpha value is -1.44. The van der Waals surface area contributed by atoms with E-state index in [1.54, 1.807) is 27.0 Å². The topological polar surface area (TPSA) is 84.5 Å². The maximum absolute atomic E-state index is 12.3. The lowest BCUT2D eigenvalue weighted by molar-refractivity contribution is 0.0936. The predicted molar refractivity (Wildman–Crippen MR) is 85.5 cm³/mol. The highest BCUT2D eigenvalue weighted by atomic mass is 32.2. The van der Waals surface area contributed by atoms with E-state index < -0.39 is 10.0 Å². The number of hydrogen-bond donors (Lipinski definition) is 2. The summed E-state index contributed by atoms with van der Waals surface area (Å²) in [6, 6.07) is 4.38. The number of methoxy groups -OCH3 is 1. The average Bonchev–Trinajstić information content (AvgIpc) is 2.47. The van der Waals surface area contributed by atoms with Crippen LogP contribution in [0.4, 0.5) is 0 Å². The van der Waals surface area contributed by atoms with Crippen LogP contribution in [-0.2, 0) is 14.8 Å². The maximum atomic E-state index is 12.3. The van der Waals surface area contributed by atoms with Gasteiger partial charge in [-0.25, -0.2) is 13.1 Å². The number of amides is 1. The van der Waals surface area contributed by atoms with Gasteiger partial charge >= 0.3 is 0 Å². The van der Waals surface area contributed by atoms with Gasteiger partial charge in [0.2, 0.25) is 10.0 Å². The van der Waals surface area contributed by atoms with Crippen LogP contribution in [0.25, 0.3) is 0 Å². The molecule has 1 rings (SSSR count). The molecule has 0 unspecified atom stereocenters. The van der Waals surface area contributed by atoms with E-state index >= 15 is 0 Å². The van der Waals surface area contributed by atoms with Crippen LogP contribution in [-0.4, -0.2) is 40.6 Å². The number of benzene rings is 1. The van der Waals surface area contributed by atoms with Crippen LogP contribution in [0.5, 0.6) is 0 Å². The summed E-state index contributed by atoms with van der Waals surface area (Å²) in [5, 5.41) is 2.69. The van der Waals surface area contributed by atoms with E-state index in [2.05, 4.69) is 10.0 Å². The Morgan fingerprint density at radius 2 is 2.05 bits per heavy atom. The van der Waals surface area contributed by atoms with E-state index in [0.29, 0.717) is 25.1 Å². The Morgan fingerprint density at radius 3 is 2.64 bits per heavy atom. The van der Waals surface area contributed by atoms with Crippen molar-refractivity contribution in [1.29, 1.82) is 0 Å². The van der Waals surface area contributed by atoms with Gasteiger partial charge in [0.15, 0.2) is 0 Å². The maximum Gasteiger partial charge on any atom is 0.251 e. The van der Waals surface area contributed by atoms with E-state index in [9.17, 15) is 13.2 Å². The van der Waals surface area contributed by atoms with Crippen LogP contribution in [0.1, 0.15) is 36.2 Å². The molecule has 0 aromatic heterocycles. The van der Waals surface area contributed by atoms with Crippen molar-refractivity contribution in [2.45, 2.75) is 38.1 Å². The van der Waals surface area contributed by atoms with Crippen LogP contribution in [0, 0.1) is 6.92 Å². The molecule has 2 N–H and O–H groups in total. The summed E-state index contributed by atoms with van der Waals surface area (Å²) in [7, 11) is -2.08. The van der Waals surface area contributed by atoms with E-state index in [1.165, 1.54) is 12.1 Å². The predicted octanol–water partition coefficient (Wildman–Crippen LogP) is 1.45. The normalized spacial score (nSPS) is 12.9. The number of carbonyl (C=O) groups is 1. The lowest BCUT2D eigenvalue weighted by atomic mass is 10.1. The molecular weight excluding hydrogens is 304 g/mol. The molecule has 1 aromatic carbocycles. The van der Waals surface area contributed by atoms with Gasteiger partial charge < -0.3 is 10.1 Å². The second-order valence-electron chi connectivity index (χ2n) is 5.16. The zero-order chi connectivity index (χ0) is 16.8. The Balaban J connectivity index is 3.01. The third-order valence-electron chi connectivity index (χ3n) is 3.32. The molecule has 124 valence electrons. The minimum Gasteiger partial charge on any atom is -0.383 e. The van der Waals surface area contributed by atoms with Gasteiger partial charge in [-0.15, -0.1) is 0 Å². The van der Waals surface area contributed by atoms with Crippen molar-refractivity contribution in [1.82, 2.24) is 10.0 Å². The smallest absolute Gasteiger partial charge is 0.251 e. The fourth-order valence-corrected chi connectivity index (χ4v) is 3.14. The number of sulfonamides is 1. The Labute approximate surface area is 132 Å². The van der Waals surface area contributed by atoms with Crippen LogP contribution in [0.2, 0.25) is 0 Å². The van der Waals surface area contributed by atoms with E-state index in [4.69, 9.17) is 4.74 Å². The molecule has 22 heavy (non-hydrogen) atoms. The summed E-state index contributed by atoms with van der Waals surface area (Å²) in [6.07, 6.45) is 0.690. The summed E-state index contributed by atoms with van der Waals surface area (Å²) in [5.41, 5.74) is 1.07. The van der Waals surface area contributed by atoms with Gasteiger partial charge in [0, 0.05) is 25.3 Å². The van der Waals surface area contributed by atoms with E-state index in [1.807, 2.05) is 6.92 Å². The standard InChI is InChI=1S/C15H24N2O4S/c1-5-12(3)17-22(19,20)13-7-6-11(2)14(10-13)15(18)16-8-9-21-4/h6-7,10,12,17H,5,8-9H2,1-4H3,(H,16,18)/t12-/m1/s1. The number of rotatable bonds is 8. The number of nitrogens with one attached hydrogen (secondary N) is 2. The van der Waals surface area contributed by atoms with Gasteiger partial charge in [-0.1, -0.05) is 13.0 Å². The highest BCUT2D eigenvalue weighted by molar-refractivity contribution is 7.89. The Bertz CT molecular complexity index is 614. The van der Waals surface area contributed by atoms with Gasteiger partial charge in [0.25, 0.3) is 5.91 Å². The SMILES string of the molecule is CC[C@@H](C)NS(=O)(=O)c1ccc(C)c(C(=O)NCCOC)c1. The van der Waals surface area contributed by atoms with Crippen molar-refractivity contribution in [2.24, 2.45) is 0 Å².